The van der Waals surface area contributed by atoms with Gasteiger partial charge in [0.2, 0.25) is 0 Å². The second-order valence-corrected chi connectivity index (χ2v) is 7.32. The highest BCUT2D eigenvalue weighted by atomic mass is 16.6. The second-order valence-electron chi connectivity index (χ2n) is 7.32. The molecule has 0 aliphatic carbocycles. The Hall–Kier alpha value is -2.24. The molecule has 1 saturated heterocycles. The second kappa shape index (κ2) is 8.74. The molecule has 0 unspecified atom stereocenters. The Balaban J connectivity index is 1.72. The van der Waals surface area contributed by atoms with Crippen LogP contribution in [0.4, 0.5) is 9.59 Å². The zero-order valence-electron chi connectivity index (χ0n) is 15.5. The molecule has 1 heterocycles. The van der Waals surface area contributed by atoms with Crippen LogP contribution in [0.2, 0.25) is 0 Å². The van der Waals surface area contributed by atoms with Crippen molar-refractivity contribution in [2.45, 2.75) is 45.6 Å². The Bertz CT molecular complexity index is 569. The number of hydrogen-bond donors (Lipinski definition) is 1. The first-order valence-corrected chi connectivity index (χ1v) is 8.90. The van der Waals surface area contributed by atoms with Crippen LogP contribution in [-0.2, 0) is 11.2 Å². The summed E-state index contributed by atoms with van der Waals surface area (Å²) in [6, 6.07) is 10.1. The third-order valence-electron chi connectivity index (χ3n) is 3.90. The lowest BCUT2D eigenvalue weighted by Crippen LogP contribution is -2.53. The van der Waals surface area contributed by atoms with Gasteiger partial charge in [0.1, 0.15) is 12.3 Å². The topological polar surface area (TPSA) is 61.9 Å². The number of carbonyl (C=O) groups is 2. The summed E-state index contributed by atoms with van der Waals surface area (Å²) in [5.41, 5.74) is 0.741. The van der Waals surface area contributed by atoms with Crippen LogP contribution in [0.1, 0.15) is 39.2 Å². The molecule has 0 spiro atoms. The normalized spacial score (nSPS) is 15.0. The Kier molecular flexibility index (Phi) is 6.67. The van der Waals surface area contributed by atoms with Crippen molar-refractivity contribution in [3.05, 3.63) is 35.9 Å². The molecule has 6 nitrogen and oxygen atoms in total. The minimum absolute atomic E-state index is 0.124. The highest BCUT2D eigenvalue weighted by Gasteiger charge is 2.28. The molecule has 138 valence electrons. The van der Waals surface area contributed by atoms with Gasteiger partial charge in [-0.3, -0.25) is 4.90 Å². The molecule has 0 atom stereocenters. The van der Waals surface area contributed by atoms with Crippen LogP contribution in [0.15, 0.2) is 30.3 Å². The summed E-state index contributed by atoms with van der Waals surface area (Å²) in [7, 11) is 0. The van der Waals surface area contributed by atoms with Crippen LogP contribution >= 0.6 is 0 Å². The number of urea groups is 1. The van der Waals surface area contributed by atoms with E-state index in [1.54, 1.807) is 9.80 Å². The van der Waals surface area contributed by atoms with E-state index in [1.165, 1.54) is 5.56 Å². The van der Waals surface area contributed by atoms with E-state index in [0.717, 1.165) is 19.3 Å². The summed E-state index contributed by atoms with van der Waals surface area (Å²) in [4.78, 5) is 27.7. The van der Waals surface area contributed by atoms with Gasteiger partial charge >= 0.3 is 12.1 Å². The van der Waals surface area contributed by atoms with E-state index in [0.29, 0.717) is 19.6 Å². The Morgan fingerprint density at radius 3 is 2.48 bits per heavy atom. The first kappa shape index (κ1) is 19.1. The summed E-state index contributed by atoms with van der Waals surface area (Å²) < 4.78 is 5.38. The van der Waals surface area contributed by atoms with Crippen molar-refractivity contribution in [3.8, 4) is 0 Å². The summed E-state index contributed by atoms with van der Waals surface area (Å²) in [6.45, 7) is 7.69. The maximum atomic E-state index is 12.3. The number of benzene rings is 1. The van der Waals surface area contributed by atoms with Gasteiger partial charge in [-0.1, -0.05) is 30.3 Å². The van der Waals surface area contributed by atoms with Gasteiger partial charge in [0.15, 0.2) is 0 Å². The Labute approximate surface area is 150 Å². The van der Waals surface area contributed by atoms with Gasteiger partial charge in [-0.25, -0.2) is 9.59 Å². The maximum absolute atomic E-state index is 12.3. The molecule has 0 radical (unpaired) electrons. The van der Waals surface area contributed by atoms with Gasteiger partial charge in [0.25, 0.3) is 0 Å². The molecule has 2 rings (SSSR count). The number of aryl methyl sites for hydroxylation is 1. The van der Waals surface area contributed by atoms with E-state index in [-0.39, 0.29) is 18.8 Å². The van der Waals surface area contributed by atoms with Crippen LogP contribution in [-0.4, -0.2) is 53.8 Å². The Morgan fingerprint density at radius 2 is 1.80 bits per heavy atom. The molecule has 0 saturated carbocycles. The standard InChI is InChI=1S/C19H29N3O3/c1-19(2,3)25-18(24)22-14-8-13-21(15-22)17(23)20-12-7-11-16-9-5-4-6-10-16/h4-6,9-10H,7-8,11-15H2,1-3H3,(H,20,23). The van der Waals surface area contributed by atoms with Crippen molar-refractivity contribution in [2.24, 2.45) is 0 Å². The molecule has 3 amide bonds. The average molecular weight is 347 g/mol. The van der Waals surface area contributed by atoms with Gasteiger partial charge in [-0.15, -0.1) is 0 Å². The lowest BCUT2D eigenvalue weighted by Gasteiger charge is -2.36. The minimum atomic E-state index is -0.529. The molecule has 1 aromatic rings. The summed E-state index contributed by atoms with van der Waals surface area (Å²) in [5, 5.41) is 2.94. The van der Waals surface area contributed by atoms with Crippen molar-refractivity contribution in [3.63, 3.8) is 0 Å². The van der Waals surface area contributed by atoms with E-state index >= 15 is 0 Å². The number of ether oxygens (including phenoxy) is 1. The van der Waals surface area contributed by atoms with Crippen LogP contribution in [0.3, 0.4) is 0 Å². The predicted molar refractivity (Wildman–Crippen MR) is 97.3 cm³/mol. The number of hydrogen-bond acceptors (Lipinski definition) is 3. The third kappa shape index (κ3) is 6.64. The van der Waals surface area contributed by atoms with Crippen molar-refractivity contribution in [1.29, 1.82) is 0 Å². The molecule has 25 heavy (non-hydrogen) atoms. The van der Waals surface area contributed by atoms with Gasteiger partial charge in [-0.2, -0.15) is 0 Å². The van der Waals surface area contributed by atoms with Crippen molar-refractivity contribution in [2.75, 3.05) is 26.3 Å². The number of carbonyl (C=O) groups excluding carboxylic acids is 2. The van der Waals surface area contributed by atoms with Crippen LogP contribution in [0.25, 0.3) is 0 Å². The number of nitrogens with zero attached hydrogens (tertiary/aromatic N) is 2. The fourth-order valence-corrected chi connectivity index (χ4v) is 2.69. The lowest BCUT2D eigenvalue weighted by atomic mass is 10.1. The van der Waals surface area contributed by atoms with Gasteiger partial charge < -0.3 is 15.0 Å². The van der Waals surface area contributed by atoms with Crippen molar-refractivity contribution >= 4 is 12.1 Å². The van der Waals surface area contributed by atoms with E-state index in [9.17, 15) is 9.59 Å². The number of rotatable bonds is 4. The Morgan fingerprint density at radius 1 is 1.12 bits per heavy atom. The molecule has 6 heteroatoms. The van der Waals surface area contributed by atoms with Crippen LogP contribution < -0.4 is 5.32 Å². The average Bonchev–Trinajstić information content (AvgIpc) is 2.58. The quantitative estimate of drug-likeness (QED) is 0.851. The molecule has 1 N–H and O–H groups in total. The molecular weight excluding hydrogens is 318 g/mol. The first-order valence-electron chi connectivity index (χ1n) is 8.90. The molecule has 1 aliphatic heterocycles. The van der Waals surface area contributed by atoms with Gasteiger partial charge in [0, 0.05) is 19.6 Å². The molecule has 0 bridgehead atoms. The zero-order chi connectivity index (χ0) is 18.3. The molecule has 1 aliphatic rings. The molecule has 1 fully saturated rings. The minimum Gasteiger partial charge on any atom is -0.444 e. The SMILES string of the molecule is CC(C)(C)OC(=O)N1CCCN(C(=O)NCCCc2ccccc2)C1. The summed E-state index contributed by atoms with van der Waals surface area (Å²) >= 11 is 0. The van der Waals surface area contributed by atoms with E-state index < -0.39 is 5.60 Å². The smallest absolute Gasteiger partial charge is 0.411 e. The summed E-state index contributed by atoms with van der Waals surface area (Å²) in [6.07, 6.45) is 2.22. The molecular formula is C19H29N3O3. The predicted octanol–water partition coefficient (Wildman–Crippen LogP) is 3.23. The molecule has 0 aromatic heterocycles. The van der Waals surface area contributed by atoms with Crippen LogP contribution in [0.5, 0.6) is 0 Å². The van der Waals surface area contributed by atoms with Crippen molar-refractivity contribution < 1.29 is 14.3 Å². The van der Waals surface area contributed by atoms with E-state index in [1.807, 2.05) is 39.0 Å². The highest BCUT2D eigenvalue weighted by molar-refractivity contribution is 5.75. The fourth-order valence-electron chi connectivity index (χ4n) is 2.69. The number of nitrogens with one attached hydrogen (secondary N) is 1. The molecule has 1 aromatic carbocycles. The highest BCUT2D eigenvalue weighted by Crippen LogP contribution is 2.13. The maximum Gasteiger partial charge on any atom is 0.411 e. The zero-order valence-corrected chi connectivity index (χ0v) is 15.5. The van der Waals surface area contributed by atoms with Crippen LogP contribution in [0, 0.1) is 0 Å². The van der Waals surface area contributed by atoms with Crippen molar-refractivity contribution in [1.82, 2.24) is 15.1 Å². The largest absolute Gasteiger partial charge is 0.444 e. The van der Waals surface area contributed by atoms with E-state index in [2.05, 4.69) is 17.4 Å². The van der Waals surface area contributed by atoms with Gasteiger partial charge in [0.05, 0.1) is 0 Å². The van der Waals surface area contributed by atoms with Gasteiger partial charge in [-0.05, 0) is 45.6 Å². The summed E-state index contributed by atoms with van der Waals surface area (Å²) in [5.74, 6) is 0. The third-order valence-corrected chi connectivity index (χ3v) is 3.90. The lowest BCUT2D eigenvalue weighted by molar-refractivity contribution is 0.00855. The first-order chi connectivity index (χ1) is 11.8. The monoisotopic (exact) mass is 347 g/mol. The van der Waals surface area contributed by atoms with E-state index in [4.69, 9.17) is 4.74 Å². The fraction of sp³-hybridized carbons (Fsp3) is 0.579. The number of amides is 3.